The van der Waals surface area contributed by atoms with Crippen molar-refractivity contribution in [3.63, 3.8) is 0 Å². The fraction of sp³-hybridized carbons (Fsp3) is 0.333. The Balaban J connectivity index is 0.000000274. The molecule has 4 rings (SSSR count). The van der Waals surface area contributed by atoms with E-state index in [-0.39, 0.29) is 17.5 Å². The second-order valence-corrected chi connectivity index (χ2v) is 14.6. The second-order valence-electron chi connectivity index (χ2n) is 13.4. The first kappa shape index (κ1) is 40.6. The van der Waals surface area contributed by atoms with Crippen molar-refractivity contribution in [3.05, 3.63) is 140 Å². The van der Waals surface area contributed by atoms with Gasteiger partial charge in [-0.1, -0.05) is 72.8 Å². The van der Waals surface area contributed by atoms with Crippen molar-refractivity contribution in [3.8, 4) is 0 Å². The molecule has 2 unspecified atom stereocenters. The van der Waals surface area contributed by atoms with Crippen molar-refractivity contribution in [2.45, 2.75) is 57.0 Å². The molecule has 0 saturated heterocycles. The molecule has 0 bridgehead atoms. The lowest BCUT2D eigenvalue weighted by Gasteiger charge is -2.41. The molecule has 2 N–H and O–H groups in total. The number of nitrogens with one attached hydrogen (secondary N) is 2. The molecule has 0 saturated carbocycles. The quantitative estimate of drug-likeness (QED) is 0.124. The van der Waals surface area contributed by atoms with Crippen LogP contribution in [0.15, 0.2) is 103 Å². The maximum atomic E-state index is 13.3. The molecule has 2 atom stereocenters. The van der Waals surface area contributed by atoms with Crippen LogP contribution in [0.4, 0.5) is 17.6 Å². The lowest BCUT2D eigenvalue weighted by molar-refractivity contribution is -0.138. The van der Waals surface area contributed by atoms with Crippen molar-refractivity contribution >= 4 is 34.4 Å². The van der Waals surface area contributed by atoms with Gasteiger partial charge in [-0.05, 0) is 120 Å². The highest BCUT2D eigenvalue weighted by molar-refractivity contribution is 14.1. The molecule has 6 nitrogen and oxygen atoms in total. The highest BCUT2D eigenvalue weighted by atomic mass is 127. The Hall–Kier alpha value is -3.81. The average Bonchev–Trinajstić information content (AvgIpc) is 3.06. The number of amides is 2. The number of hydrogen-bond donors (Lipinski definition) is 2. The summed E-state index contributed by atoms with van der Waals surface area (Å²) in [6, 6.07) is 28.1. The summed E-state index contributed by atoms with van der Waals surface area (Å²) in [5, 5.41) is 5.93. The molecule has 0 aromatic heterocycles. The van der Waals surface area contributed by atoms with E-state index in [1.165, 1.54) is 0 Å². The maximum absolute atomic E-state index is 13.3. The summed E-state index contributed by atoms with van der Waals surface area (Å²) in [5.74, 6) is -2.00. The highest BCUT2D eigenvalue weighted by Crippen LogP contribution is 2.35. The van der Waals surface area contributed by atoms with Gasteiger partial charge >= 0.3 is 6.18 Å². The number of hydrogen-bond acceptors (Lipinski definition) is 4. The molecule has 0 radical (unpaired) electrons. The van der Waals surface area contributed by atoms with Crippen molar-refractivity contribution in [1.82, 2.24) is 20.4 Å². The third-order valence-corrected chi connectivity index (χ3v) is 10.1. The molecule has 0 fully saturated rings. The number of carbonyl (C=O) groups is 2. The van der Waals surface area contributed by atoms with Crippen LogP contribution in [0.25, 0.3) is 0 Å². The van der Waals surface area contributed by atoms with Gasteiger partial charge in [0.2, 0.25) is 0 Å². The van der Waals surface area contributed by atoms with E-state index in [0.29, 0.717) is 11.6 Å². The van der Waals surface area contributed by atoms with Crippen LogP contribution in [0.1, 0.15) is 77.2 Å². The minimum absolute atomic E-state index is 0.0428. The molecule has 0 spiro atoms. The number of halogens is 5. The Morgan fingerprint density at radius 2 is 1.02 bits per heavy atom. The Morgan fingerprint density at radius 3 is 1.42 bits per heavy atom. The van der Waals surface area contributed by atoms with Gasteiger partial charge in [0.15, 0.2) is 0 Å². The largest absolute Gasteiger partial charge is 0.417 e. The van der Waals surface area contributed by atoms with Gasteiger partial charge < -0.3 is 20.4 Å². The van der Waals surface area contributed by atoms with Crippen LogP contribution in [0.5, 0.6) is 0 Å². The minimum Gasteiger partial charge on any atom is -0.343 e. The lowest BCUT2D eigenvalue weighted by atomic mass is 9.87. The molecule has 0 aliphatic rings. The Kier molecular flexibility index (Phi) is 13.8. The predicted molar refractivity (Wildman–Crippen MR) is 199 cm³/mol. The Labute approximate surface area is 306 Å². The summed E-state index contributed by atoms with van der Waals surface area (Å²) in [4.78, 5) is 29.5. The van der Waals surface area contributed by atoms with Gasteiger partial charge in [0.05, 0.1) is 28.8 Å². The fourth-order valence-corrected chi connectivity index (χ4v) is 5.79. The third kappa shape index (κ3) is 10.1. The topological polar surface area (TPSA) is 64.7 Å². The normalized spacial score (nSPS) is 13.3. The number of rotatable bonds is 10. The van der Waals surface area contributed by atoms with Gasteiger partial charge in [-0.2, -0.15) is 13.2 Å². The van der Waals surface area contributed by atoms with Crippen LogP contribution < -0.4 is 10.6 Å². The predicted octanol–water partition coefficient (Wildman–Crippen LogP) is 8.76. The van der Waals surface area contributed by atoms with Gasteiger partial charge in [0.1, 0.15) is 5.82 Å². The van der Waals surface area contributed by atoms with E-state index < -0.39 is 40.6 Å². The summed E-state index contributed by atoms with van der Waals surface area (Å²) in [6.07, 6.45) is -4.84. The Morgan fingerprint density at radius 1 is 0.620 bits per heavy atom. The first-order chi connectivity index (χ1) is 23.3. The van der Waals surface area contributed by atoms with Crippen molar-refractivity contribution in [2.75, 3.05) is 28.2 Å². The van der Waals surface area contributed by atoms with E-state index >= 15 is 0 Å². The van der Waals surface area contributed by atoms with Crippen molar-refractivity contribution in [2.24, 2.45) is 0 Å². The first-order valence-corrected chi connectivity index (χ1v) is 17.0. The lowest BCUT2D eigenvalue weighted by Crippen LogP contribution is -2.51. The molecule has 268 valence electrons. The number of alkyl halides is 3. The summed E-state index contributed by atoms with van der Waals surface area (Å²) in [5.41, 5.74) is -0.171. The summed E-state index contributed by atoms with van der Waals surface area (Å²) >= 11 is 2.20. The zero-order valence-electron chi connectivity index (χ0n) is 29.6. The van der Waals surface area contributed by atoms with Gasteiger partial charge in [0.25, 0.3) is 11.8 Å². The second kappa shape index (κ2) is 16.9. The SMILES string of the molecule is CN(C)C(C)(C)C(NC(=O)c1ccc(F)cc1C(F)(F)F)c1ccccc1.CN(C)C(C)(C)C(NC(=O)c1ccccc1I)c1ccccc1. The zero-order valence-corrected chi connectivity index (χ0v) is 31.7. The number of benzene rings is 4. The highest BCUT2D eigenvalue weighted by Gasteiger charge is 2.39. The molecular weight excluding hydrogens is 759 g/mol. The van der Waals surface area contributed by atoms with Crippen LogP contribution in [0, 0.1) is 9.39 Å². The molecule has 50 heavy (non-hydrogen) atoms. The van der Waals surface area contributed by atoms with Crippen LogP contribution in [-0.2, 0) is 6.18 Å². The van der Waals surface area contributed by atoms with E-state index in [1.54, 1.807) is 24.3 Å². The van der Waals surface area contributed by atoms with Gasteiger partial charge in [0, 0.05) is 14.6 Å². The maximum Gasteiger partial charge on any atom is 0.417 e. The molecule has 0 aliphatic heterocycles. The monoisotopic (exact) mass is 804 g/mol. The molecule has 0 heterocycles. The van der Waals surface area contributed by atoms with Crippen LogP contribution >= 0.6 is 22.6 Å². The first-order valence-electron chi connectivity index (χ1n) is 16.0. The molecule has 11 heteroatoms. The van der Waals surface area contributed by atoms with Gasteiger partial charge in [-0.15, -0.1) is 0 Å². The van der Waals surface area contributed by atoms with E-state index in [0.717, 1.165) is 26.8 Å². The number of likely N-dealkylation sites (N-methyl/N-ethyl adjacent to an activating group) is 2. The van der Waals surface area contributed by atoms with E-state index in [9.17, 15) is 27.2 Å². The summed E-state index contributed by atoms with van der Waals surface area (Å²) in [6.45, 7) is 8.03. The zero-order chi connectivity index (χ0) is 37.4. The van der Waals surface area contributed by atoms with Crippen molar-refractivity contribution < 1.29 is 27.2 Å². The van der Waals surface area contributed by atoms with Crippen LogP contribution in [-0.4, -0.2) is 60.9 Å². The van der Waals surface area contributed by atoms with Crippen LogP contribution in [0.2, 0.25) is 0 Å². The molecule has 4 aromatic carbocycles. The Bertz CT molecular complexity index is 1730. The standard InChI is InChI=1S/C20H22F4N2O.C19H23IN2O/c1-19(2,26(3)4)17(13-8-6-5-7-9-13)25-18(27)15-11-10-14(21)12-16(15)20(22,23)24;1-19(2,22(3)4)17(14-10-6-5-7-11-14)21-18(23)15-12-8-9-13-16(15)20/h5-12,17H,1-4H3,(H,25,27);5-13,17H,1-4H3,(H,21,23). The van der Waals surface area contributed by atoms with E-state index in [1.807, 2.05) is 95.5 Å². The number of nitrogens with zero attached hydrogens (tertiary/aromatic N) is 2. The average molecular weight is 805 g/mol. The smallest absolute Gasteiger partial charge is 0.343 e. The van der Waals surface area contributed by atoms with E-state index in [4.69, 9.17) is 0 Å². The fourth-order valence-electron chi connectivity index (χ4n) is 5.16. The van der Waals surface area contributed by atoms with Gasteiger partial charge in [-0.3, -0.25) is 9.59 Å². The number of carbonyl (C=O) groups excluding carboxylic acids is 2. The third-order valence-electron chi connectivity index (χ3n) is 9.18. The molecule has 4 aromatic rings. The van der Waals surface area contributed by atoms with Crippen molar-refractivity contribution in [1.29, 1.82) is 0 Å². The molecular formula is C39H45F4IN4O2. The molecule has 0 aliphatic carbocycles. The van der Waals surface area contributed by atoms with Gasteiger partial charge in [-0.25, -0.2) is 4.39 Å². The molecule has 2 amide bonds. The van der Waals surface area contributed by atoms with Crippen LogP contribution in [0.3, 0.4) is 0 Å². The summed E-state index contributed by atoms with van der Waals surface area (Å²) in [7, 11) is 7.71. The summed E-state index contributed by atoms with van der Waals surface area (Å²) < 4.78 is 54.0. The minimum atomic E-state index is -4.84. The van der Waals surface area contributed by atoms with E-state index in [2.05, 4.69) is 64.1 Å².